The number of aromatic nitrogens is 2. The summed E-state index contributed by atoms with van der Waals surface area (Å²) in [6.07, 6.45) is 4.97. The summed E-state index contributed by atoms with van der Waals surface area (Å²) in [5, 5.41) is 0.595. The number of para-hydroxylation sites is 1. The van der Waals surface area contributed by atoms with Crippen molar-refractivity contribution in [2.24, 2.45) is 5.92 Å². The molecule has 2 aromatic rings. The largest absolute Gasteiger partial charge is 0.342 e. The third kappa shape index (κ3) is 3.68. The molecule has 1 amide bonds. The van der Waals surface area contributed by atoms with E-state index in [0.29, 0.717) is 28.7 Å². The molecule has 1 aliphatic rings. The summed E-state index contributed by atoms with van der Waals surface area (Å²) in [6, 6.07) is 7.61. The number of H-pyrrole nitrogens is 1. The van der Waals surface area contributed by atoms with Crippen LogP contribution in [0.3, 0.4) is 0 Å². The molecular weight excluding hydrogens is 334 g/mol. The Balaban J connectivity index is 1.75. The molecule has 25 heavy (non-hydrogen) atoms. The Morgan fingerprint density at radius 2 is 2.04 bits per heavy atom. The van der Waals surface area contributed by atoms with E-state index in [4.69, 9.17) is 12.2 Å². The normalized spacial score (nSPS) is 20.6. The fourth-order valence-electron chi connectivity index (χ4n) is 3.84. The fourth-order valence-corrected chi connectivity index (χ4v) is 4.13. The van der Waals surface area contributed by atoms with Crippen LogP contribution >= 0.6 is 12.2 Å². The molecular formula is C19H25N3O2S. The molecule has 0 aliphatic heterocycles. The number of hydrogen-bond acceptors (Lipinski definition) is 3. The van der Waals surface area contributed by atoms with Crippen molar-refractivity contribution in [2.75, 3.05) is 7.05 Å². The Bertz CT molecular complexity index is 886. The highest BCUT2D eigenvalue weighted by Gasteiger charge is 2.27. The van der Waals surface area contributed by atoms with Crippen molar-refractivity contribution in [2.45, 2.75) is 51.6 Å². The molecule has 1 heterocycles. The summed E-state index contributed by atoms with van der Waals surface area (Å²) in [5.41, 5.74) is 0.592. The lowest BCUT2D eigenvalue weighted by molar-refractivity contribution is -0.133. The van der Waals surface area contributed by atoms with Crippen LogP contribution in [0.1, 0.15) is 39.0 Å². The lowest BCUT2D eigenvalue weighted by atomic mass is 9.85. The molecule has 0 spiro atoms. The highest BCUT2D eigenvalue weighted by molar-refractivity contribution is 7.71. The van der Waals surface area contributed by atoms with Crippen LogP contribution in [0.2, 0.25) is 0 Å². The van der Waals surface area contributed by atoms with Gasteiger partial charge in [-0.2, -0.15) is 0 Å². The molecule has 2 atom stereocenters. The van der Waals surface area contributed by atoms with Crippen molar-refractivity contribution >= 4 is 29.0 Å². The minimum Gasteiger partial charge on any atom is -0.342 e. The highest BCUT2D eigenvalue weighted by Crippen LogP contribution is 2.27. The van der Waals surface area contributed by atoms with E-state index in [9.17, 15) is 9.59 Å². The Morgan fingerprint density at radius 3 is 2.80 bits per heavy atom. The van der Waals surface area contributed by atoms with Crippen molar-refractivity contribution in [3.05, 3.63) is 39.4 Å². The van der Waals surface area contributed by atoms with Gasteiger partial charge in [-0.15, -0.1) is 0 Å². The molecule has 1 N–H and O–H groups in total. The van der Waals surface area contributed by atoms with Gasteiger partial charge < -0.3 is 9.88 Å². The monoisotopic (exact) mass is 359 g/mol. The minimum absolute atomic E-state index is 0.0770. The van der Waals surface area contributed by atoms with Crippen molar-refractivity contribution in [1.29, 1.82) is 0 Å². The van der Waals surface area contributed by atoms with Crippen molar-refractivity contribution in [3.63, 3.8) is 0 Å². The molecule has 1 aromatic carbocycles. The molecule has 6 heteroatoms. The van der Waals surface area contributed by atoms with Crippen LogP contribution in [0.25, 0.3) is 10.9 Å². The summed E-state index contributed by atoms with van der Waals surface area (Å²) < 4.78 is 1.86. The second kappa shape index (κ2) is 7.52. The van der Waals surface area contributed by atoms with Gasteiger partial charge in [-0.05, 0) is 43.1 Å². The summed E-state index contributed by atoms with van der Waals surface area (Å²) in [7, 11) is 1.89. The van der Waals surface area contributed by atoms with Crippen LogP contribution < -0.4 is 5.56 Å². The maximum Gasteiger partial charge on any atom is 0.262 e. The van der Waals surface area contributed by atoms with E-state index >= 15 is 0 Å². The summed E-state index contributed by atoms with van der Waals surface area (Å²) in [4.78, 5) is 30.2. The molecule has 1 saturated carbocycles. The van der Waals surface area contributed by atoms with Gasteiger partial charge in [0.15, 0.2) is 4.77 Å². The second-order valence-electron chi connectivity index (χ2n) is 7.02. The molecule has 2 unspecified atom stereocenters. The number of aromatic amines is 1. The third-order valence-corrected chi connectivity index (χ3v) is 5.72. The zero-order valence-electron chi connectivity index (χ0n) is 14.8. The van der Waals surface area contributed by atoms with Gasteiger partial charge in [0, 0.05) is 26.1 Å². The lowest BCUT2D eigenvalue weighted by Gasteiger charge is -2.36. The van der Waals surface area contributed by atoms with Gasteiger partial charge in [0.05, 0.1) is 10.9 Å². The van der Waals surface area contributed by atoms with Gasteiger partial charge in [-0.25, -0.2) is 0 Å². The topological polar surface area (TPSA) is 58.1 Å². The molecule has 0 bridgehead atoms. The first-order valence-corrected chi connectivity index (χ1v) is 9.37. The maximum atomic E-state index is 12.6. The number of hydrogen-bond donors (Lipinski definition) is 1. The average Bonchev–Trinajstić information content (AvgIpc) is 2.61. The van der Waals surface area contributed by atoms with Crippen LogP contribution in [0.4, 0.5) is 0 Å². The molecule has 5 nitrogen and oxygen atoms in total. The van der Waals surface area contributed by atoms with Gasteiger partial charge in [0.25, 0.3) is 5.56 Å². The predicted octanol–water partition coefficient (Wildman–Crippen LogP) is 3.49. The summed E-state index contributed by atoms with van der Waals surface area (Å²) in [6.45, 7) is 2.53. The van der Waals surface area contributed by atoms with E-state index in [1.54, 1.807) is 6.07 Å². The number of rotatable bonds is 4. The number of nitrogens with one attached hydrogen (secondary N) is 1. The Morgan fingerprint density at radius 1 is 1.32 bits per heavy atom. The first-order valence-electron chi connectivity index (χ1n) is 8.96. The standard InChI is InChI=1S/C19H25N3O2S/c1-13-7-3-6-10-16(13)21(2)17(23)11-12-22-18(24)14-8-4-5-9-15(14)20-19(22)25/h4-5,8-9,13,16H,3,6-7,10-12H2,1-2H3,(H,20,25). The first-order chi connectivity index (χ1) is 12.0. The smallest absolute Gasteiger partial charge is 0.262 e. The van der Waals surface area contributed by atoms with Crippen LogP contribution in [-0.4, -0.2) is 33.4 Å². The number of nitrogens with zero attached hydrogens (tertiary/aromatic N) is 2. The van der Waals surface area contributed by atoms with E-state index in [2.05, 4.69) is 11.9 Å². The third-order valence-electron chi connectivity index (χ3n) is 5.40. The molecule has 0 saturated heterocycles. The highest BCUT2D eigenvalue weighted by atomic mass is 32.1. The van der Waals surface area contributed by atoms with Crippen molar-refractivity contribution < 1.29 is 4.79 Å². The predicted molar refractivity (Wildman–Crippen MR) is 102 cm³/mol. The summed E-state index contributed by atoms with van der Waals surface area (Å²) >= 11 is 5.31. The number of fused-ring (bicyclic) bond motifs is 1. The molecule has 0 radical (unpaired) electrons. The van der Waals surface area contributed by atoms with Gasteiger partial charge in [0.2, 0.25) is 5.91 Å². The van der Waals surface area contributed by atoms with Crippen molar-refractivity contribution in [1.82, 2.24) is 14.5 Å². The average molecular weight is 359 g/mol. The lowest BCUT2D eigenvalue weighted by Crippen LogP contribution is -2.43. The van der Waals surface area contributed by atoms with Gasteiger partial charge >= 0.3 is 0 Å². The van der Waals surface area contributed by atoms with Crippen LogP contribution in [0, 0.1) is 10.7 Å². The molecule has 1 fully saturated rings. The summed E-state index contributed by atoms with van der Waals surface area (Å²) in [5.74, 6) is 0.613. The van der Waals surface area contributed by atoms with E-state index < -0.39 is 0 Å². The van der Waals surface area contributed by atoms with Crippen LogP contribution in [0.15, 0.2) is 29.1 Å². The number of carbonyl (C=O) groups is 1. The van der Waals surface area contributed by atoms with Gasteiger partial charge in [0.1, 0.15) is 0 Å². The molecule has 1 aliphatic carbocycles. The second-order valence-corrected chi connectivity index (χ2v) is 7.40. The van der Waals surface area contributed by atoms with Crippen LogP contribution in [-0.2, 0) is 11.3 Å². The van der Waals surface area contributed by atoms with E-state index in [1.807, 2.05) is 30.1 Å². The fraction of sp³-hybridized carbons (Fsp3) is 0.526. The SMILES string of the molecule is CC1CCCCC1N(C)C(=O)CCn1c(=S)[nH]c2ccccc2c1=O. The zero-order chi connectivity index (χ0) is 18.0. The minimum atomic E-state index is -0.138. The van der Waals surface area contributed by atoms with E-state index in [0.717, 1.165) is 11.9 Å². The number of carbonyl (C=O) groups excluding carboxylic acids is 1. The molecule has 3 rings (SSSR count). The van der Waals surface area contributed by atoms with Gasteiger partial charge in [-0.1, -0.05) is 31.9 Å². The van der Waals surface area contributed by atoms with E-state index in [-0.39, 0.29) is 17.9 Å². The Labute approximate surface area is 152 Å². The Kier molecular flexibility index (Phi) is 5.37. The molecule has 1 aromatic heterocycles. The number of amides is 1. The zero-order valence-corrected chi connectivity index (χ0v) is 15.6. The van der Waals surface area contributed by atoms with Gasteiger partial charge in [-0.3, -0.25) is 14.2 Å². The quantitative estimate of drug-likeness (QED) is 0.850. The van der Waals surface area contributed by atoms with Crippen LogP contribution in [0.5, 0.6) is 0 Å². The first kappa shape index (κ1) is 17.9. The van der Waals surface area contributed by atoms with E-state index in [1.165, 1.54) is 23.8 Å². The Hall–Kier alpha value is -1.95. The maximum absolute atomic E-state index is 12.6. The molecule has 134 valence electrons. The van der Waals surface area contributed by atoms with Crippen molar-refractivity contribution in [3.8, 4) is 0 Å². The number of benzene rings is 1.